The molecule has 0 saturated carbocycles. The number of nitrogens with zero attached hydrogens (tertiary/aromatic N) is 1. The number of hydrogen-bond acceptors (Lipinski definition) is 7. The molecule has 0 fully saturated rings. The lowest BCUT2D eigenvalue weighted by Crippen LogP contribution is -2.28. The minimum Gasteiger partial charge on any atom is -0.497 e. The number of fused-ring (bicyclic) bond motifs is 3. The molecule has 4 aromatic carbocycles. The zero-order valence-electron chi connectivity index (χ0n) is 24.3. The maximum atomic E-state index is 14.1. The van der Waals surface area contributed by atoms with Crippen LogP contribution in [-0.2, 0) is 22.3 Å². The molecule has 11 heteroatoms. The van der Waals surface area contributed by atoms with E-state index in [9.17, 15) is 23.1 Å². The Hall–Kier alpha value is -5.55. The van der Waals surface area contributed by atoms with Crippen LogP contribution in [-0.4, -0.2) is 38.3 Å². The topological polar surface area (TPSA) is 137 Å². The Morgan fingerprint density at radius 1 is 0.911 bits per heavy atom. The summed E-state index contributed by atoms with van der Waals surface area (Å²) in [6.07, 6.45) is 0. The molecule has 0 atom stereocenters. The maximum absolute atomic E-state index is 14.1. The van der Waals surface area contributed by atoms with Crippen molar-refractivity contribution in [2.75, 3.05) is 18.9 Å². The molecule has 2 N–H and O–H groups in total. The number of aromatic nitrogens is 1. The van der Waals surface area contributed by atoms with Gasteiger partial charge in [-0.25, -0.2) is 13.2 Å². The highest BCUT2D eigenvalue weighted by Gasteiger charge is 2.28. The minimum atomic E-state index is -3.78. The summed E-state index contributed by atoms with van der Waals surface area (Å²) >= 11 is 0. The van der Waals surface area contributed by atoms with Crippen LogP contribution in [0.2, 0.25) is 0 Å². The predicted octanol–water partition coefficient (Wildman–Crippen LogP) is 6.12. The number of aromatic carboxylic acids is 1. The van der Waals surface area contributed by atoms with Gasteiger partial charge < -0.3 is 19.0 Å². The van der Waals surface area contributed by atoms with Crippen molar-refractivity contribution >= 4 is 43.7 Å². The van der Waals surface area contributed by atoms with Crippen LogP contribution in [0.3, 0.4) is 0 Å². The van der Waals surface area contributed by atoms with Crippen LogP contribution in [0.1, 0.15) is 21.5 Å². The fourth-order valence-electron chi connectivity index (χ4n) is 5.44. The van der Waals surface area contributed by atoms with Crippen LogP contribution in [0.25, 0.3) is 33.2 Å². The number of rotatable bonds is 10. The number of carbonyl (C=O) groups is 1. The van der Waals surface area contributed by atoms with Gasteiger partial charge in [0, 0.05) is 22.6 Å². The normalized spacial score (nSPS) is 11.5. The molecule has 2 aromatic heterocycles. The van der Waals surface area contributed by atoms with Gasteiger partial charge in [-0.3, -0.25) is 14.1 Å². The minimum absolute atomic E-state index is 0.0113. The van der Waals surface area contributed by atoms with E-state index in [2.05, 4.69) is 4.72 Å². The Morgan fingerprint density at radius 2 is 1.62 bits per heavy atom. The summed E-state index contributed by atoms with van der Waals surface area (Å²) < 4.78 is 47.0. The van der Waals surface area contributed by atoms with Gasteiger partial charge in [-0.2, -0.15) is 0 Å². The number of para-hydroxylation sites is 1. The van der Waals surface area contributed by atoms with Crippen molar-refractivity contribution in [3.63, 3.8) is 0 Å². The number of nitrogens with one attached hydrogen (secondary N) is 1. The Bertz CT molecular complexity index is 2220. The number of carboxylic acid groups (broad SMARTS) is 1. The van der Waals surface area contributed by atoms with E-state index in [1.165, 1.54) is 24.9 Å². The number of methoxy groups -OCH3 is 2. The Labute approximate surface area is 258 Å². The number of carboxylic acids is 1. The molecule has 0 spiro atoms. The molecule has 6 aromatic rings. The van der Waals surface area contributed by atoms with Gasteiger partial charge in [0.05, 0.1) is 37.7 Å². The summed E-state index contributed by atoms with van der Waals surface area (Å²) in [7, 11) is -0.748. The van der Waals surface area contributed by atoms with Gasteiger partial charge in [-0.05, 0) is 41.5 Å². The first-order valence-electron chi connectivity index (χ1n) is 13.9. The number of ether oxygens (including phenoxy) is 2. The van der Waals surface area contributed by atoms with Crippen LogP contribution in [0.15, 0.2) is 106 Å². The van der Waals surface area contributed by atoms with Crippen molar-refractivity contribution in [2.24, 2.45) is 0 Å². The molecule has 45 heavy (non-hydrogen) atoms. The molecule has 0 aliphatic carbocycles. The van der Waals surface area contributed by atoms with Crippen molar-refractivity contribution in [3.8, 4) is 22.6 Å². The second kappa shape index (κ2) is 11.9. The molecule has 0 amide bonds. The van der Waals surface area contributed by atoms with Gasteiger partial charge in [0.2, 0.25) is 10.0 Å². The number of anilines is 1. The summed E-state index contributed by atoms with van der Waals surface area (Å²) in [6, 6.07) is 27.3. The average Bonchev–Trinajstić information content (AvgIpc) is 3.40. The van der Waals surface area contributed by atoms with Crippen LogP contribution < -0.4 is 19.8 Å². The van der Waals surface area contributed by atoms with Gasteiger partial charge >= 0.3 is 5.97 Å². The van der Waals surface area contributed by atoms with Crippen molar-refractivity contribution in [1.82, 2.24) is 4.57 Å². The van der Waals surface area contributed by atoms with Crippen molar-refractivity contribution in [1.29, 1.82) is 0 Å². The first-order valence-corrected chi connectivity index (χ1v) is 15.5. The van der Waals surface area contributed by atoms with Crippen molar-refractivity contribution in [2.45, 2.75) is 12.3 Å². The predicted molar refractivity (Wildman–Crippen MR) is 172 cm³/mol. The standard InChI is InChI=1S/C34H28N2O8S/c1-42-25-15-12-22(13-16-25)29-30(34(38)39)33(37)36(19-23-10-6-7-11-27(23)43-2)31-26-17-14-24(18-28(26)44-32(29)31)35-45(40,41)20-21-8-4-3-5-9-21/h3-18,35H,19-20H2,1-2H3,(H,38,39). The summed E-state index contributed by atoms with van der Waals surface area (Å²) in [5.41, 5.74) is 1.63. The highest BCUT2D eigenvalue weighted by atomic mass is 32.2. The molecular weight excluding hydrogens is 596 g/mol. The van der Waals surface area contributed by atoms with Crippen LogP contribution in [0, 0.1) is 0 Å². The fraction of sp³-hybridized carbons (Fsp3) is 0.118. The Morgan fingerprint density at radius 3 is 2.31 bits per heavy atom. The molecule has 0 radical (unpaired) electrons. The first-order chi connectivity index (χ1) is 21.7. The zero-order chi connectivity index (χ0) is 31.7. The summed E-state index contributed by atoms with van der Waals surface area (Å²) in [6.45, 7) is -0.0113. The molecule has 0 saturated heterocycles. The van der Waals surface area contributed by atoms with E-state index in [-0.39, 0.29) is 34.7 Å². The van der Waals surface area contributed by atoms with Gasteiger partial charge in [0.15, 0.2) is 5.58 Å². The highest BCUT2D eigenvalue weighted by molar-refractivity contribution is 7.91. The fourth-order valence-corrected chi connectivity index (χ4v) is 6.63. The van der Waals surface area contributed by atoms with Gasteiger partial charge in [-0.15, -0.1) is 0 Å². The van der Waals surface area contributed by atoms with Crippen LogP contribution >= 0.6 is 0 Å². The van der Waals surface area contributed by atoms with Gasteiger partial charge in [0.1, 0.15) is 22.6 Å². The van der Waals surface area contributed by atoms with E-state index in [4.69, 9.17) is 13.9 Å². The summed E-state index contributed by atoms with van der Waals surface area (Å²) in [5, 5.41) is 10.8. The number of hydrogen-bond donors (Lipinski definition) is 2. The summed E-state index contributed by atoms with van der Waals surface area (Å²) in [4.78, 5) is 26.8. The van der Waals surface area contributed by atoms with E-state index in [1.54, 1.807) is 84.9 Å². The third kappa shape index (κ3) is 5.73. The number of furan rings is 1. The zero-order valence-corrected chi connectivity index (χ0v) is 25.1. The molecule has 10 nitrogen and oxygen atoms in total. The molecule has 0 aliphatic rings. The molecule has 6 rings (SSSR count). The SMILES string of the molecule is COc1ccc(-c2c(C(=O)O)c(=O)n(Cc3ccccc3OC)c3c2oc2cc(NS(=O)(=O)Cc4ccccc4)ccc23)cc1. The molecule has 2 heterocycles. The molecule has 228 valence electrons. The van der Waals surface area contributed by atoms with Crippen molar-refractivity contribution < 1.29 is 32.2 Å². The van der Waals surface area contributed by atoms with Crippen molar-refractivity contribution in [3.05, 3.63) is 124 Å². The Kier molecular flexibility index (Phi) is 7.78. The summed E-state index contributed by atoms with van der Waals surface area (Å²) in [5.74, 6) is -0.574. The molecule has 0 aliphatic heterocycles. The largest absolute Gasteiger partial charge is 0.497 e. The monoisotopic (exact) mass is 624 g/mol. The van der Waals surface area contributed by atoms with E-state index in [1.807, 2.05) is 6.07 Å². The van der Waals surface area contributed by atoms with Gasteiger partial charge in [-0.1, -0.05) is 60.7 Å². The lowest BCUT2D eigenvalue weighted by molar-refractivity contribution is 0.0695. The van der Waals surface area contributed by atoms with Gasteiger partial charge in [0.25, 0.3) is 5.56 Å². The first kappa shape index (κ1) is 29.5. The van der Waals surface area contributed by atoms with E-state index < -0.39 is 27.1 Å². The lowest BCUT2D eigenvalue weighted by Gasteiger charge is -2.15. The third-order valence-corrected chi connectivity index (χ3v) is 8.72. The number of benzene rings is 4. The van der Waals surface area contributed by atoms with E-state index in [0.717, 1.165) is 0 Å². The van der Waals surface area contributed by atoms with E-state index in [0.29, 0.717) is 39.1 Å². The van der Waals surface area contributed by atoms with E-state index >= 15 is 0 Å². The second-order valence-electron chi connectivity index (χ2n) is 10.3. The number of pyridine rings is 1. The molecular formula is C34H28N2O8S. The van der Waals surface area contributed by atoms with Crippen LogP contribution in [0.5, 0.6) is 11.5 Å². The quantitative estimate of drug-likeness (QED) is 0.186. The maximum Gasteiger partial charge on any atom is 0.342 e. The molecule has 0 unspecified atom stereocenters. The highest BCUT2D eigenvalue weighted by Crippen LogP contribution is 2.39. The second-order valence-corrected chi connectivity index (χ2v) is 12.0. The number of sulfonamides is 1. The smallest absolute Gasteiger partial charge is 0.342 e. The third-order valence-electron chi connectivity index (χ3n) is 7.46. The Balaban J connectivity index is 1.58. The van der Waals surface area contributed by atoms with Crippen LogP contribution in [0.4, 0.5) is 5.69 Å². The molecule has 0 bridgehead atoms. The lowest BCUT2D eigenvalue weighted by atomic mass is 9.98. The average molecular weight is 625 g/mol.